The Kier molecular flexibility index (Phi) is 4.13. The van der Waals surface area contributed by atoms with Crippen LogP contribution < -0.4 is 15.4 Å². The summed E-state index contributed by atoms with van der Waals surface area (Å²) >= 11 is 7.25. The van der Waals surface area contributed by atoms with Gasteiger partial charge in [0.05, 0.1) is 23.9 Å². The average molecular weight is 343 g/mol. The summed E-state index contributed by atoms with van der Waals surface area (Å²) in [7, 11) is 1.53. The third-order valence-corrected chi connectivity index (χ3v) is 3.56. The molecular weight excluding hydrogens is 326 g/mol. The van der Waals surface area contributed by atoms with Gasteiger partial charge >= 0.3 is 0 Å². The molecule has 7 nitrogen and oxygen atoms in total. The molecule has 2 aromatic heterocycles. The van der Waals surface area contributed by atoms with Gasteiger partial charge in [-0.3, -0.25) is 4.79 Å². The van der Waals surface area contributed by atoms with E-state index in [9.17, 15) is 4.79 Å². The molecule has 2 aromatic rings. The second-order valence-electron chi connectivity index (χ2n) is 3.93. The highest BCUT2D eigenvalue weighted by molar-refractivity contribution is 7.98. The second kappa shape index (κ2) is 7.28. The molecule has 0 aliphatic carbocycles. The minimum absolute atomic E-state index is 0.0344. The molecule has 0 radical (unpaired) electrons. The Bertz CT molecular complexity index is 791. The molecule has 0 aliphatic heterocycles. The van der Waals surface area contributed by atoms with E-state index < -0.39 is 12.9 Å². The van der Waals surface area contributed by atoms with Crippen LogP contribution >= 0.6 is 23.4 Å². The standard InChI is InChI=1S/C13H14ClN5O2S/c1-15-13(20)11-8(5-10(14)18-19-11)17-12-9(22-3)4-7(21-2)6-16-12/h4-6H,1-3H3,(H,15,20)(H,16,17,18)/i1D3. The summed E-state index contributed by atoms with van der Waals surface area (Å²) in [5.41, 5.74) is -0.0417. The summed E-state index contributed by atoms with van der Waals surface area (Å²) < 4.78 is 26.5. The lowest BCUT2D eigenvalue weighted by molar-refractivity contribution is 0.0958. The summed E-state index contributed by atoms with van der Waals surface area (Å²) in [5.74, 6) is 0.0901. The molecule has 22 heavy (non-hydrogen) atoms. The molecular formula is C13H14ClN5O2S. The summed E-state index contributed by atoms with van der Waals surface area (Å²) in [6.07, 6.45) is 3.35. The number of ether oxygens (including phenoxy) is 1. The van der Waals surface area contributed by atoms with E-state index in [2.05, 4.69) is 20.5 Å². The van der Waals surface area contributed by atoms with Crippen LogP contribution in [0.15, 0.2) is 23.2 Å². The Balaban J connectivity index is 2.39. The van der Waals surface area contributed by atoms with Gasteiger partial charge in [-0.1, -0.05) is 11.6 Å². The number of thioether (sulfide) groups is 1. The predicted octanol–water partition coefficient (Wildman–Crippen LogP) is 2.36. The minimum atomic E-state index is -2.65. The van der Waals surface area contributed by atoms with Gasteiger partial charge in [0.2, 0.25) is 0 Å². The monoisotopic (exact) mass is 342 g/mol. The smallest absolute Gasteiger partial charge is 0.273 e. The highest BCUT2D eigenvalue weighted by atomic mass is 35.5. The number of amides is 1. The number of aromatic nitrogens is 3. The van der Waals surface area contributed by atoms with Gasteiger partial charge < -0.3 is 15.4 Å². The molecule has 1 amide bonds. The van der Waals surface area contributed by atoms with Gasteiger partial charge in [-0.05, 0) is 12.3 Å². The van der Waals surface area contributed by atoms with Crippen LogP contribution in [0.5, 0.6) is 5.75 Å². The number of pyridine rings is 1. The van der Waals surface area contributed by atoms with Crippen molar-refractivity contribution in [1.82, 2.24) is 20.5 Å². The molecule has 0 aliphatic rings. The van der Waals surface area contributed by atoms with Crippen LogP contribution in [0.3, 0.4) is 0 Å². The maximum absolute atomic E-state index is 12.1. The Morgan fingerprint density at radius 2 is 2.27 bits per heavy atom. The fraction of sp³-hybridized carbons (Fsp3) is 0.231. The molecule has 0 saturated heterocycles. The lowest BCUT2D eigenvalue weighted by atomic mass is 10.3. The molecule has 0 spiro atoms. The number of nitrogens with zero attached hydrogens (tertiary/aromatic N) is 3. The molecule has 0 unspecified atom stereocenters. The summed E-state index contributed by atoms with van der Waals surface area (Å²) in [6, 6.07) is 3.12. The summed E-state index contributed by atoms with van der Waals surface area (Å²) in [4.78, 5) is 17.1. The normalized spacial score (nSPS) is 12.8. The zero-order chi connectivity index (χ0) is 18.6. The van der Waals surface area contributed by atoms with E-state index in [1.54, 1.807) is 6.07 Å². The number of methoxy groups -OCH3 is 1. The van der Waals surface area contributed by atoms with Crippen molar-refractivity contribution in [1.29, 1.82) is 0 Å². The highest BCUT2D eigenvalue weighted by Crippen LogP contribution is 2.30. The quantitative estimate of drug-likeness (QED) is 0.806. The van der Waals surface area contributed by atoms with Crippen molar-refractivity contribution < 1.29 is 13.6 Å². The average Bonchev–Trinajstić information content (AvgIpc) is 2.53. The van der Waals surface area contributed by atoms with E-state index in [0.717, 1.165) is 4.90 Å². The number of carbonyl (C=O) groups is 1. The molecule has 2 heterocycles. The topological polar surface area (TPSA) is 89.0 Å². The molecule has 9 heteroatoms. The minimum Gasteiger partial charge on any atom is -0.495 e. The van der Waals surface area contributed by atoms with Gasteiger partial charge in [0.25, 0.3) is 5.91 Å². The molecule has 2 rings (SSSR count). The molecule has 0 bridgehead atoms. The van der Waals surface area contributed by atoms with E-state index >= 15 is 0 Å². The number of halogens is 1. The van der Waals surface area contributed by atoms with Gasteiger partial charge in [0.1, 0.15) is 11.6 Å². The van der Waals surface area contributed by atoms with Crippen molar-refractivity contribution >= 4 is 40.8 Å². The number of anilines is 2. The molecule has 0 saturated carbocycles. The maximum Gasteiger partial charge on any atom is 0.273 e. The van der Waals surface area contributed by atoms with E-state index in [1.165, 1.54) is 31.1 Å². The maximum atomic E-state index is 12.1. The number of nitrogens with one attached hydrogen (secondary N) is 2. The third kappa shape index (κ3) is 3.58. The SMILES string of the molecule is [2H]C([2H])([2H])NC(=O)c1nnc(Cl)cc1Nc1ncc(OC)cc1SC. The van der Waals surface area contributed by atoms with E-state index in [0.29, 0.717) is 11.6 Å². The predicted molar refractivity (Wildman–Crippen MR) is 86.3 cm³/mol. The molecule has 0 fully saturated rings. The third-order valence-electron chi connectivity index (χ3n) is 2.63. The van der Waals surface area contributed by atoms with Crippen LogP contribution in [0.4, 0.5) is 11.5 Å². The van der Waals surface area contributed by atoms with Gasteiger partial charge in [0, 0.05) is 17.2 Å². The summed E-state index contributed by atoms with van der Waals surface area (Å²) in [5, 5.41) is 12.1. The number of hydrogen-bond donors (Lipinski definition) is 2. The Morgan fingerprint density at radius 1 is 1.45 bits per heavy atom. The number of rotatable bonds is 5. The van der Waals surface area contributed by atoms with Gasteiger partial charge in [-0.15, -0.1) is 22.0 Å². The Morgan fingerprint density at radius 3 is 2.95 bits per heavy atom. The fourth-order valence-electron chi connectivity index (χ4n) is 1.61. The van der Waals surface area contributed by atoms with Gasteiger partial charge in [0.15, 0.2) is 10.8 Å². The van der Waals surface area contributed by atoms with Crippen molar-refractivity contribution in [2.45, 2.75) is 4.90 Å². The van der Waals surface area contributed by atoms with Crippen LogP contribution in [0, 0.1) is 0 Å². The first kappa shape index (κ1) is 12.5. The van der Waals surface area contributed by atoms with E-state index in [4.69, 9.17) is 20.5 Å². The Hall–Kier alpha value is -2.06. The van der Waals surface area contributed by atoms with E-state index in [1.807, 2.05) is 11.6 Å². The fourth-order valence-corrected chi connectivity index (χ4v) is 2.28. The second-order valence-corrected chi connectivity index (χ2v) is 5.17. The molecule has 0 aromatic carbocycles. The number of carbonyl (C=O) groups excluding carboxylic acids is 1. The first-order valence-electron chi connectivity index (χ1n) is 7.44. The zero-order valence-corrected chi connectivity index (χ0v) is 13.2. The van der Waals surface area contributed by atoms with Crippen molar-refractivity contribution in [3.63, 3.8) is 0 Å². The van der Waals surface area contributed by atoms with Crippen LogP contribution in [0.2, 0.25) is 5.15 Å². The largest absolute Gasteiger partial charge is 0.495 e. The molecule has 116 valence electrons. The lowest BCUT2D eigenvalue weighted by Gasteiger charge is -2.12. The molecule has 2 N–H and O–H groups in total. The van der Waals surface area contributed by atoms with Crippen molar-refractivity contribution in [3.8, 4) is 5.75 Å². The lowest BCUT2D eigenvalue weighted by Crippen LogP contribution is -2.21. The van der Waals surface area contributed by atoms with Crippen LogP contribution in [0.1, 0.15) is 14.6 Å². The van der Waals surface area contributed by atoms with Crippen LogP contribution in [0.25, 0.3) is 0 Å². The molecule has 0 atom stereocenters. The van der Waals surface area contributed by atoms with Gasteiger partial charge in [-0.25, -0.2) is 4.98 Å². The van der Waals surface area contributed by atoms with Gasteiger partial charge in [-0.2, -0.15) is 0 Å². The van der Waals surface area contributed by atoms with Crippen LogP contribution in [-0.2, 0) is 0 Å². The van der Waals surface area contributed by atoms with Crippen molar-refractivity contribution in [2.24, 2.45) is 0 Å². The first-order chi connectivity index (χ1) is 11.7. The van der Waals surface area contributed by atoms with E-state index in [-0.39, 0.29) is 16.5 Å². The van der Waals surface area contributed by atoms with Crippen molar-refractivity contribution in [3.05, 3.63) is 29.2 Å². The number of hydrogen-bond acceptors (Lipinski definition) is 7. The van der Waals surface area contributed by atoms with Crippen molar-refractivity contribution in [2.75, 3.05) is 25.7 Å². The summed E-state index contributed by atoms with van der Waals surface area (Å²) in [6.45, 7) is -2.65. The zero-order valence-electron chi connectivity index (χ0n) is 14.7. The van der Waals surface area contributed by atoms with Crippen LogP contribution in [-0.4, -0.2) is 41.4 Å². The first-order valence-corrected chi connectivity index (χ1v) is 7.54. The Labute approximate surface area is 141 Å². The highest BCUT2D eigenvalue weighted by Gasteiger charge is 2.16.